The number of aromatic nitrogens is 2. The highest BCUT2D eigenvalue weighted by molar-refractivity contribution is 5.92. The molecular formula is C17H21N5O2. The first-order valence-corrected chi connectivity index (χ1v) is 7.70. The van der Waals surface area contributed by atoms with Gasteiger partial charge in [0.05, 0.1) is 0 Å². The van der Waals surface area contributed by atoms with Gasteiger partial charge in [-0.3, -0.25) is 9.59 Å². The molecule has 24 heavy (non-hydrogen) atoms. The van der Waals surface area contributed by atoms with Crippen molar-refractivity contribution in [2.45, 2.75) is 20.8 Å². The van der Waals surface area contributed by atoms with Crippen LogP contribution in [0.4, 0.5) is 17.3 Å². The molecule has 7 heteroatoms. The SMILES string of the molecule is CC(=O)Nc1cccc(Nc2nccc(C(=O)NCC(C)C)n2)c1. The number of hydrogen-bond donors (Lipinski definition) is 3. The van der Waals surface area contributed by atoms with Crippen LogP contribution >= 0.6 is 0 Å². The van der Waals surface area contributed by atoms with Gasteiger partial charge < -0.3 is 16.0 Å². The molecular weight excluding hydrogens is 306 g/mol. The van der Waals surface area contributed by atoms with Gasteiger partial charge in [0.1, 0.15) is 5.69 Å². The number of carbonyl (C=O) groups excluding carboxylic acids is 2. The van der Waals surface area contributed by atoms with Crippen molar-refractivity contribution in [1.82, 2.24) is 15.3 Å². The van der Waals surface area contributed by atoms with Crippen LogP contribution in [0.2, 0.25) is 0 Å². The Morgan fingerprint density at radius 2 is 1.92 bits per heavy atom. The minimum Gasteiger partial charge on any atom is -0.350 e. The van der Waals surface area contributed by atoms with Crippen molar-refractivity contribution in [3.05, 3.63) is 42.2 Å². The number of nitrogens with zero attached hydrogens (tertiary/aromatic N) is 2. The van der Waals surface area contributed by atoms with Gasteiger partial charge in [-0.25, -0.2) is 9.97 Å². The second-order valence-electron chi connectivity index (χ2n) is 5.76. The summed E-state index contributed by atoms with van der Waals surface area (Å²) in [6.07, 6.45) is 1.53. The highest BCUT2D eigenvalue weighted by Crippen LogP contribution is 2.18. The molecule has 0 saturated carbocycles. The Morgan fingerprint density at radius 1 is 1.17 bits per heavy atom. The van der Waals surface area contributed by atoms with E-state index in [2.05, 4.69) is 25.9 Å². The zero-order chi connectivity index (χ0) is 17.5. The van der Waals surface area contributed by atoms with E-state index in [0.717, 1.165) is 0 Å². The van der Waals surface area contributed by atoms with Crippen molar-refractivity contribution >= 4 is 29.1 Å². The minimum atomic E-state index is -0.235. The molecule has 0 aliphatic carbocycles. The molecule has 3 N–H and O–H groups in total. The second kappa shape index (κ2) is 8.05. The van der Waals surface area contributed by atoms with Crippen molar-refractivity contribution in [2.75, 3.05) is 17.2 Å². The molecule has 2 amide bonds. The highest BCUT2D eigenvalue weighted by atomic mass is 16.2. The molecule has 1 heterocycles. The van der Waals surface area contributed by atoms with E-state index in [1.165, 1.54) is 13.1 Å². The maximum atomic E-state index is 12.1. The van der Waals surface area contributed by atoms with Gasteiger partial charge in [-0.05, 0) is 30.2 Å². The maximum Gasteiger partial charge on any atom is 0.270 e. The third-order valence-corrected chi connectivity index (χ3v) is 3.00. The van der Waals surface area contributed by atoms with E-state index in [-0.39, 0.29) is 11.8 Å². The summed E-state index contributed by atoms with van der Waals surface area (Å²) in [7, 11) is 0. The van der Waals surface area contributed by atoms with E-state index in [1.54, 1.807) is 24.3 Å². The highest BCUT2D eigenvalue weighted by Gasteiger charge is 2.09. The summed E-state index contributed by atoms with van der Waals surface area (Å²) in [6.45, 7) is 6.08. The molecule has 0 saturated heterocycles. The van der Waals surface area contributed by atoms with Crippen LogP contribution < -0.4 is 16.0 Å². The van der Waals surface area contributed by atoms with Crippen LogP contribution in [0.3, 0.4) is 0 Å². The molecule has 0 bridgehead atoms. The second-order valence-corrected chi connectivity index (χ2v) is 5.76. The standard InChI is InChI=1S/C17H21N5O2/c1-11(2)10-19-16(24)15-7-8-18-17(22-15)21-14-6-4-5-13(9-14)20-12(3)23/h4-9,11H,10H2,1-3H3,(H,19,24)(H,20,23)(H,18,21,22). The molecule has 0 unspecified atom stereocenters. The Balaban J connectivity index is 2.09. The third-order valence-electron chi connectivity index (χ3n) is 3.00. The molecule has 0 aliphatic rings. The van der Waals surface area contributed by atoms with Crippen molar-refractivity contribution in [1.29, 1.82) is 0 Å². The summed E-state index contributed by atoms with van der Waals surface area (Å²) in [6, 6.07) is 8.72. The third kappa shape index (κ3) is 5.35. The molecule has 0 spiro atoms. The average Bonchev–Trinajstić information content (AvgIpc) is 2.52. The first-order valence-electron chi connectivity index (χ1n) is 7.70. The summed E-state index contributed by atoms with van der Waals surface area (Å²) in [5.41, 5.74) is 1.67. The van der Waals surface area contributed by atoms with Crippen molar-refractivity contribution in [3.8, 4) is 0 Å². The quantitative estimate of drug-likeness (QED) is 0.758. The van der Waals surface area contributed by atoms with Gasteiger partial charge in [-0.2, -0.15) is 0 Å². The molecule has 7 nitrogen and oxygen atoms in total. The Morgan fingerprint density at radius 3 is 2.62 bits per heavy atom. The lowest BCUT2D eigenvalue weighted by Gasteiger charge is -2.09. The lowest BCUT2D eigenvalue weighted by molar-refractivity contribution is -0.114. The van der Waals surface area contributed by atoms with E-state index in [4.69, 9.17) is 0 Å². The Labute approximate surface area is 140 Å². The number of nitrogens with one attached hydrogen (secondary N) is 3. The van der Waals surface area contributed by atoms with Gasteiger partial charge in [0, 0.05) is 31.0 Å². The largest absolute Gasteiger partial charge is 0.350 e. The number of carbonyl (C=O) groups is 2. The van der Waals surface area contributed by atoms with Crippen LogP contribution in [0.25, 0.3) is 0 Å². The Kier molecular flexibility index (Phi) is 5.83. The molecule has 126 valence electrons. The normalized spacial score (nSPS) is 10.3. The number of benzene rings is 1. The van der Waals surface area contributed by atoms with Crippen LogP contribution in [-0.2, 0) is 4.79 Å². The van der Waals surface area contributed by atoms with Crippen molar-refractivity contribution in [3.63, 3.8) is 0 Å². The van der Waals surface area contributed by atoms with Crippen LogP contribution in [0, 0.1) is 5.92 Å². The zero-order valence-electron chi connectivity index (χ0n) is 14.0. The first-order chi connectivity index (χ1) is 11.4. The first kappa shape index (κ1) is 17.4. The summed E-state index contributed by atoms with van der Waals surface area (Å²) < 4.78 is 0. The topological polar surface area (TPSA) is 96.0 Å². The fraction of sp³-hybridized carbons (Fsp3) is 0.294. The van der Waals surface area contributed by atoms with Gasteiger partial charge >= 0.3 is 0 Å². The lowest BCUT2D eigenvalue weighted by Crippen LogP contribution is -2.28. The smallest absolute Gasteiger partial charge is 0.270 e. The summed E-state index contributed by atoms with van der Waals surface area (Å²) in [5, 5.41) is 8.54. The van der Waals surface area contributed by atoms with Crippen LogP contribution in [0.1, 0.15) is 31.3 Å². The van der Waals surface area contributed by atoms with E-state index in [9.17, 15) is 9.59 Å². The van der Waals surface area contributed by atoms with Gasteiger partial charge in [-0.15, -0.1) is 0 Å². The van der Waals surface area contributed by atoms with Gasteiger partial charge in [0.25, 0.3) is 5.91 Å². The number of rotatable bonds is 6. The number of amides is 2. The van der Waals surface area contributed by atoms with E-state index >= 15 is 0 Å². The predicted molar refractivity (Wildman–Crippen MR) is 93.2 cm³/mol. The summed E-state index contributed by atoms with van der Waals surface area (Å²) in [5.74, 6) is 0.297. The molecule has 0 atom stereocenters. The number of hydrogen-bond acceptors (Lipinski definition) is 5. The molecule has 1 aromatic carbocycles. The van der Waals surface area contributed by atoms with E-state index in [0.29, 0.717) is 35.5 Å². The fourth-order valence-corrected chi connectivity index (χ4v) is 1.94. The molecule has 0 fully saturated rings. The van der Waals surface area contributed by atoms with Crippen molar-refractivity contribution < 1.29 is 9.59 Å². The fourth-order valence-electron chi connectivity index (χ4n) is 1.94. The zero-order valence-corrected chi connectivity index (χ0v) is 14.0. The Hall–Kier alpha value is -2.96. The average molecular weight is 327 g/mol. The lowest BCUT2D eigenvalue weighted by atomic mass is 10.2. The van der Waals surface area contributed by atoms with Crippen LogP contribution in [0.5, 0.6) is 0 Å². The predicted octanol–water partition coefficient (Wildman–Crippen LogP) is 2.56. The molecule has 2 rings (SSSR count). The maximum absolute atomic E-state index is 12.1. The molecule has 0 radical (unpaired) electrons. The van der Waals surface area contributed by atoms with Gasteiger partial charge in [0.15, 0.2) is 0 Å². The van der Waals surface area contributed by atoms with Gasteiger partial charge in [0.2, 0.25) is 11.9 Å². The monoisotopic (exact) mass is 327 g/mol. The van der Waals surface area contributed by atoms with Crippen LogP contribution in [-0.4, -0.2) is 28.3 Å². The summed E-state index contributed by atoms with van der Waals surface area (Å²) >= 11 is 0. The van der Waals surface area contributed by atoms with Crippen molar-refractivity contribution in [2.24, 2.45) is 5.92 Å². The molecule has 2 aromatic rings. The van der Waals surface area contributed by atoms with Crippen LogP contribution in [0.15, 0.2) is 36.5 Å². The number of anilines is 3. The molecule has 1 aromatic heterocycles. The minimum absolute atomic E-state index is 0.146. The van der Waals surface area contributed by atoms with E-state index in [1.807, 2.05) is 19.9 Å². The summed E-state index contributed by atoms with van der Waals surface area (Å²) in [4.78, 5) is 31.5. The molecule has 0 aliphatic heterocycles. The van der Waals surface area contributed by atoms with Gasteiger partial charge in [-0.1, -0.05) is 19.9 Å². The van der Waals surface area contributed by atoms with E-state index < -0.39 is 0 Å². The Bertz CT molecular complexity index is 730.